The number of hydrogen-bond acceptors (Lipinski definition) is 4. The van der Waals surface area contributed by atoms with E-state index >= 15 is 0 Å². The largest absolute Gasteiger partial charge is 0.497 e. The summed E-state index contributed by atoms with van der Waals surface area (Å²) >= 11 is 6.14. The first-order valence-electron chi connectivity index (χ1n) is 8.91. The summed E-state index contributed by atoms with van der Waals surface area (Å²) in [4.78, 5) is 14.8. The van der Waals surface area contributed by atoms with Crippen LogP contribution in [0.15, 0.2) is 54.6 Å². The van der Waals surface area contributed by atoms with E-state index in [-0.39, 0.29) is 5.91 Å². The van der Waals surface area contributed by atoms with Crippen LogP contribution in [0.25, 0.3) is 16.9 Å². The minimum Gasteiger partial charge on any atom is -0.497 e. The first kappa shape index (κ1) is 19.9. The molecule has 0 saturated heterocycles. The van der Waals surface area contributed by atoms with Crippen LogP contribution >= 0.6 is 11.6 Å². The van der Waals surface area contributed by atoms with Gasteiger partial charge in [-0.25, -0.2) is 4.68 Å². The van der Waals surface area contributed by atoms with Crippen molar-refractivity contribution in [2.24, 2.45) is 0 Å². The lowest BCUT2D eigenvalue weighted by Crippen LogP contribution is -2.32. The molecule has 0 unspecified atom stereocenters. The molecule has 0 fully saturated rings. The van der Waals surface area contributed by atoms with Gasteiger partial charge in [0.05, 0.1) is 18.5 Å². The van der Waals surface area contributed by atoms with E-state index in [1.54, 1.807) is 30.0 Å². The Balaban J connectivity index is 2.00. The smallest absolute Gasteiger partial charge is 0.270 e. The molecule has 3 aromatic rings. The summed E-state index contributed by atoms with van der Waals surface area (Å²) in [6.45, 7) is 1.29. The third-order valence-corrected chi connectivity index (χ3v) is 4.44. The summed E-state index contributed by atoms with van der Waals surface area (Å²) in [5.74, 6) is 0.537. The fourth-order valence-electron chi connectivity index (χ4n) is 2.75. The number of likely N-dealkylation sites (N-methyl/N-ethyl adjacent to an activating group) is 1. The second kappa shape index (κ2) is 8.91. The zero-order valence-electron chi connectivity index (χ0n) is 16.1. The summed E-state index contributed by atoms with van der Waals surface area (Å²) in [7, 11) is 5.54. The maximum absolute atomic E-state index is 12.8. The maximum atomic E-state index is 12.8. The van der Waals surface area contributed by atoms with Crippen molar-refractivity contribution in [1.82, 2.24) is 20.0 Å². The second-order valence-corrected chi connectivity index (χ2v) is 7.03. The van der Waals surface area contributed by atoms with Crippen LogP contribution in [0.4, 0.5) is 0 Å². The number of ether oxygens (including phenoxy) is 1. The van der Waals surface area contributed by atoms with Gasteiger partial charge in [-0.3, -0.25) is 4.79 Å². The minimum atomic E-state index is -0.191. The van der Waals surface area contributed by atoms with Crippen LogP contribution in [0.5, 0.6) is 5.75 Å². The van der Waals surface area contributed by atoms with E-state index in [2.05, 4.69) is 10.4 Å². The molecule has 1 aromatic heterocycles. The average Bonchev–Trinajstić information content (AvgIpc) is 3.13. The van der Waals surface area contributed by atoms with E-state index in [0.717, 1.165) is 23.5 Å². The van der Waals surface area contributed by atoms with E-state index in [0.29, 0.717) is 23.0 Å². The average molecular weight is 399 g/mol. The Morgan fingerprint density at radius 3 is 2.68 bits per heavy atom. The lowest BCUT2D eigenvalue weighted by atomic mass is 10.1. The number of nitrogens with one attached hydrogen (secondary N) is 1. The van der Waals surface area contributed by atoms with Crippen molar-refractivity contribution >= 4 is 17.5 Å². The number of halogens is 1. The lowest BCUT2D eigenvalue weighted by molar-refractivity contribution is 0.0943. The zero-order chi connectivity index (χ0) is 20.1. The van der Waals surface area contributed by atoms with Gasteiger partial charge in [-0.1, -0.05) is 29.8 Å². The molecule has 0 atom stereocenters. The summed E-state index contributed by atoms with van der Waals surface area (Å²) in [6.07, 6.45) is 0. The molecule has 0 aliphatic carbocycles. The summed E-state index contributed by atoms with van der Waals surface area (Å²) in [6, 6.07) is 16.6. The van der Waals surface area contributed by atoms with Gasteiger partial charge in [-0.2, -0.15) is 5.10 Å². The van der Waals surface area contributed by atoms with Crippen molar-refractivity contribution in [3.63, 3.8) is 0 Å². The molecule has 6 nitrogen and oxygen atoms in total. The van der Waals surface area contributed by atoms with Crippen LogP contribution in [-0.2, 0) is 0 Å². The molecule has 2 aromatic carbocycles. The highest BCUT2D eigenvalue weighted by Gasteiger charge is 2.18. The van der Waals surface area contributed by atoms with Crippen LogP contribution < -0.4 is 10.1 Å². The molecule has 0 aliphatic heterocycles. The highest BCUT2D eigenvalue weighted by molar-refractivity contribution is 6.30. The number of aromatic nitrogens is 2. The fraction of sp³-hybridized carbons (Fsp3) is 0.238. The summed E-state index contributed by atoms with van der Waals surface area (Å²) < 4.78 is 6.92. The van der Waals surface area contributed by atoms with Crippen molar-refractivity contribution in [3.05, 3.63) is 65.3 Å². The third-order valence-electron chi connectivity index (χ3n) is 4.20. The summed E-state index contributed by atoms with van der Waals surface area (Å²) in [5, 5.41) is 8.18. The van der Waals surface area contributed by atoms with E-state index in [1.165, 1.54) is 0 Å². The molecular weight excluding hydrogens is 376 g/mol. The van der Waals surface area contributed by atoms with Gasteiger partial charge >= 0.3 is 0 Å². The Kier molecular flexibility index (Phi) is 6.34. The van der Waals surface area contributed by atoms with Gasteiger partial charge in [0, 0.05) is 23.7 Å². The number of benzene rings is 2. The Morgan fingerprint density at radius 2 is 1.96 bits per heavy atom. The van der Waals surface area contributed by atoms with Gasteiger partial charge in [-0.05, 0) is 50.5 Å². The predicted molar refractivity (Wildman–Crippen MR) is 111 cm³/mol. The molecule has 0 bridgehead atoms. The first-order chi connectivity index (χ1) is 13.5. The molecular formula is C21H23ClN4O2. The number of carbonyl (C=O) groups is 1. The number of amides is 1. The summed E-state index contributed by atoms with van der Waals surface area (Å²) in [5.41, 5.74) is 2.71. The fourth-order valence-corrected chi connectivity index (χ4v) is 2.94. The normalized spacial score (nSPS) is 10.9. The molecule has 0 saturated carbocycles. The Morgan fingerprint density at radius 1 is 1.18 bits per heavy atom. The first-order valence-corrected chi connectivity index (χ1v) is 9.29. The van der Waals surface area contributed by atoms with Crippen molar-refractivity contribution in [2.75, 3.05) is 34.3 Å². The van der Waals surface area contributed by atoms with Crippen molar-refractivity contribution in [1.29, 1.82) is 0 Å². The zero-order valence-corrected chi connectivity index (χ0v) is 16.9. The number of carbonyl (C=O) groups excluding carboxylic acids is 1. The number of methoxy groups -OCH3 is 1. The topological polar surface area (TPSA) is 59.4 Å². The molecule has 28 heavy (non-hydrogen) atoms. The lowest BCUT2D eigenvalue weighted by Gasteiger charge is -2.11. The van der Waals surface area contributed by atoms with Crippen molar-refractivity contribution in [2.45, 2.75) is 0 Å². The van der Waals surface area contributed by atoms with Gasteiger partial charge in [0.25, 0.3) is 5.91 Å². The molecule has 7 heteroatoms. The second-order valence-electron chi connectivity index (χ2n) is 6.60. The Hall–Kier alpha value is -2.83. The van der Waals surface area contributed by atoms with Gasteiger partial charge in [0.15, 0.2) is 0 Å². The monoisotopic (exact) mass is 398 g/mol. The number of hydrogen-bond donors (Lipinski definition) is 1. The van der Waals surface area contributed by atoms with Gasteiger partial charge in [-0.15, -0.1) is 0 Å². The Bertz CT molecular complexity index is 969. The van der Waals surface area contributed by atoms with Crippen LogP contribution in [0.3, 0.4) is 0 Å². The van der Waals surface area contributed by atoms with Crippen LogP contribution in [0.2, 0.25) is 5.02 Å². The van der Waals surface area contributed by atoms with Crippen molar-refractivity contribution in [3.8, 4) is 22.7 Å². The molecule has 1 amide bonds. The van der Waals surface area contributed by atoms with Crippen molar-refractivity contribution < 1.29 is 9.53 Å². The molecule has 0 radical (unpaired) electrons. The molecule has 1 N–H and O–H groups in total. The predicted octanol–water partition coefficient (Wildman–Crippen LogP) is 3.49. The third kappa shape index (κ3) is 4.71. The molecule has 3 rings (SSSR count). The quantitative estimate of drug-likeness (QED) is 0.661. The number of nitrogens with zero attached hydrogens (tertiary/aromatic N) is 3. The van der Waals surface area contributed by atoms with Gasteiger partial charge in [0.2, 0.25) is 0 Å². The highest BCUT2D eigenvalue weighted by Crippen LogP contribution is 2.26. The molecule has 146 valence electrons. The molecule has 0 aliphatic rings. The van der Waals surface area contributed by atoms with Crippen LogP contribution in [-0.4, -0.2) is 54.9 Å². The standard InChI is InChI=1S/C21H23ClN4O2/c1-25(2)11-10-23-21(27)20-14-19(15-6-4-9-18(12-15)28-3)24-26(20)17-8-5-7-16(22)13-17/h4-9,12-14H,10-11H2,1-3H3,(H,23,27). The van der Waals surface area contributed by atoms with E-state index in [1.807, 2.05) is 55.4 Å². The maximum Gasteiger partial charge on any atom is 0.270 e. The highest BCUT2D eigenvalue weighted by atomic mass is 35.5. The van der Waals surface area contributed by atoms with Crippen LogP contribution in [0, 0.1) is 0 Å². The molecule has 1 heterocycles. The minimum absolute atomic E-state index is 0.191. The SMILES string of the molecule is COc1cccc(-c2cc(C(=O)NCCN(C)C)n(-c3cccc(Cl)c3)n2)c1. The molecule has 0 spiro atoms. The van der Waals surface area contributed by atoms with Crippen LogP contribution in [0.1, 0.15) is 10.5 Å². The van der Waals surface area contributed by atoms with E-state index in [4.69, 9.17) is 16.3 Å². The number of rotatable bonds is 7. The van der Waals surface area contributed by atoms with E-state index < -0.39 is 0 Å². The Labute approximate surface area is 169 Å². The van der Waals surface area contributed by atoms with E-state index in [9.17, 15) is 4.79 Å². The van der Waals surface area contributed by atoms with Gasteiger partial charge in [0.1, 0.15) is 11.4 Å². The van der Waals surface area contributed by atoms with Gasteiger partial charge < -0.3 is 15.0 Å².